The standard InChI is InChI=1S/C12H18ClN5O/c1-3-5-6-11-14-12(19-16-11)8-18-7-10(15-17-18)9(13)4-2/h7,9H,3-6,8H2,1-2H3. The fourth-order valence-electron chi connectivity index (χ4n) is 1.67. The number of hydrogen-bond acceptors (Lipinski definition) is 5. The van der Waals surface area contributed by atoms with Crippen LogP contribution in [0, 0.1) is 0 Å². The summed E-state index contributed by atoms with van der Waals surface area (Å²) in [5, 5.41) is 11.9. The molecule has 0 fully saturated rings. The van der Waals surface area contributed by atoms with Gasteiger partial charge in [0.25, 0.3) is 0 Å². The van der Waals surface area contributed by atoms with E-state index in [1.54, 1.807) is 4.68 Å². The second-order valence-electron chi connectivity index (χ2n) is 4.42. The smallest absolute Gasteiger partial charge is 0.248 e. The number of aryl methyl sites for hydroxylation is 1. The fourth-order valence-corrected chi connectivity index (χ4v) is 1.77. The van der Waals surface area contributed by atoms with E-state index < -0.39 is 0 Å². The van der Waals surface area contributed by atoms with Crippen molar-refractivity contribution >= 4 is 11.6 Å². The number of rotatable bonds is 7. The molecular formula is C12H18ClN5O. The van der Waals surface area contributed by atoms with Crippen molar-refractivity contribution in [3.05, 3.63) is 23.6 Å². The highest BCUT2D eigenvalue weighted by Crippen LogP contribution is 2.20. The monoisotopic (exact) mass is 283 g/mol. The Hall–Kier alpha value is -1.43. The van der Waals surface area contributed by atoms with E-state index in [0.29, 0.717) is 12.4 Å². The zero-order valence-electron chi connectivity index (χ0n) is 11.2. The molecule has 1 unspecified atom stereocenters. The van der Waals surface area contributed by atoms with Gasteiger partial charge < -0.3 is 4.52 Å². The number of halogens is 1. The van der Waals surface area contributed by atoms with Gasteiger partial charge in [0.05, 0.1) is 11.6 Å². The van der Waals surface area contributed by atoms with E-state index in [2.05, 4.69) is 27.4 Å². The van der Waals surface area contributed by atoms with Crippen LogP contribution in [0.25, 0.3) is 0 Å². The van der Waals surface area contributed by atoms with E-state index in [1.807, 2.05) is 13.1 Å². The maximum absolute atomic E-state index is 6.10. The molecule has 2 rings (SSSR count). The lowest BCUT2D eigenvalue weighted by Gasteiger charge is -1.98. The van der Waals surface area contributed by atoms with Crippen molar-refractivity contribution in [1.82, 2.24) is 25.1 Å². The number of nitrogens with zero attached hydrogens (tertiary/aromatic N) is 5. The SMILES string of the molecule is CCCCc1noc(Cn2cc(C(Cl)CC)nn2)n1. The molecule has 0 aliphatic heterocycles. The number of alkyl halides is 1. The largest absolute Gasteiger partial charge is 0.337 e. The van der Waals surface area contributed by atoms with Gasteiger partial charge in [0.15, 0.2) is 5.82 Å². The van der Waals surface area contributed by atoms with Gasteiger partial charge in [-0.2, -0.15) is 4.98 Å². The van der Waals surface area contributed by atoms with Crippen molar-refractivity contribution in [2.75, 3.05) is 0 Å². The summed E-state index contributed by atoms with van der Waals surface area (Å²) in [6.45, 7) is 4.57. The lowest BCUT2D eigenvalue weighted by Crippen LogP contribution is -2.01. The first-order valence-corrected chi connectivity index (χ1v) is 7.02. The fraction of sp³-hybridized carbons (Fsp3) is 0.667. The van der Waals surface area contributed by atoms with Gasteiger partial charge in [-0.05, 0) is 12.8 Å². The topological polar surface area (TPSA) is 69.6 Å². The van der Waals surface area contributed by atoms with Crippen molar-refractivity contribution in [3.8, 4) is 0 Å². The van der Waals surface area contributed by atoms with E-state index in [-0.39, 0.29) is 5.38 Å². The predicted octanol–water partition coefficient (Wildman–Crippen LogP) is 2.74. The van der Waals surface area contributed by atoms with Crippen LogP contribution in [0.5, 0.6) is 0 Å². The summed E-state index contributed by atoms with van der Waals surface area (Å²) in [5.41, 5.74) is 0.773. The zero-order chi connectivity index (χ0) is 13.7. The molecule has 19 heavy (non-hydrogen) atoms. The third-order valence-corrected chi connectivity index (χ3v) is 3.33. The normalized spacial score (nSPS) is 12.8. The van der Waals surface area contributed by atoms with E-state index in [0.717, 1.165) is 37.2 Å². The van der Waals surface area contributed by atoms with Crippen LogP contribution in [-0.2, 0) is 13.0 Å². The van der Waals surface area contributed by atoms with Crippen molar-refractivity contribution in [2.45, 2.75) is 51.5 Å². The average molecular weight is 284 g/mol. The molecular weight excluding hydrogens is 266 g/mol. The summed E-state index contributed by atoms with van der Waals surface area (Å²) in [6.07, 6.45) is 5.67. The molecule has 1 atom stereocenters. The Kier molecular flexibility index (Phi) is 4.90. The van der Waals surface area contributed by atoms with Gasteiger partial charge >= 0.3 is 0 Å². The molecule has 0 saturated carbocycles. The van der Waals surface area contributed by atoms with Crippen molar-refractivity contribution in [1.29, 1.82) is 0 Å². The van der Waals surface area contributed by atoms with E-state index in [1.165, 1.54) is 0 Å². The Labute approximate surface area is 117 Å². The molecule has 2 aromatic rings. The molecule has 0 radical (unpaired) electrons. The minimum absolute atomic E-state index is 0.100. The number of aromatic nitrogens is 5. The van der Waals surface area contributed by atoms with Crippen LogP contribution in [0.2, 0.25) is 0 Å². The van der Waals surface area contributed by atoms with Crippen LogP contribution in [0.15, 0.2) is 10.7 Å². The lowest BCUT2D eigenvalue weighted by atomic mass is 10.2. The summed E-state index contributed by atoms with van der Waals surface area (Å²) in [6, 6.07) is 0. The highest BCUT2D eigenvalue weighted by Gasteiger charge is 2.12. The summed E-state index contributed by atoms with van der Waals surface area (Å²) in [5.74, 6) is 1.30. The first kappa shape index (κ1) is 14.0. The molecule has 2 heterocycles. The van der Waals surface area contributed by atoms with Crippen LogP contribution < -0.4 is 0 Å². The number of unbranched alkanes of at least 4 members (excludes halogenated alkanes) is 1. The molecule has 7 heteroatoms. The van der Waals surface area contributed by atoms with Crippen molar-refractivity contribution in [3.63, 3.8) is 0 Å². The number of hydrogen-bond donors (Lipinski definition) is 0. The molecule has 104 valence electrons. The zero-order valence-corrected chi connectivity index (χ0v) is 12.0. The summed E-state index contributed by atoms with van der Waals surface area (Å²) in [4.78, 5) is 4.32. The van der Waals surface area contributed by atoms with E-state index in [4.69, 9.17) is 16.1 Å². The Morgan fingerprint density at radius 2 is 2.26 bits per heavy atom. The molecule has 2 aromatic heterocycles. The van der Waals surface area contributed by atoms with Gasteiger partial charge in [0.2, 0.25) is 5.89 Å². The van der Waals surface area contributed by atoms with Crippen molar-refractivity contribution in [2.24, 2.45) is 0 Å². The third-order valence-electron chi connectivity index (χ3n) is 2.80. The first-order chi connectivity index (χ1) is 9.22. The van der Waals surface area contributed by atoms with Gasteiger partial charge in [0, 0.05) is 6.42 Å². The molecule has 0 aliphatic rings. The molecule has 0 spiro atoms. The average Bonchev–Trinajstić information content (AvgIpc) is 3.05. The molecule has 0 N–H and O–H groups in total. The minimum Gasteiger partial charge on any atom is -0.337 e. The Morgan fingerprint density at radius 3 is 3.00 bits per heavy atom. The maximum Gasteiger partial charge on any atom is 0.248 e. The second-order valence-corrected chi connectivity index (χ2v) is 4.95. The summed E-state index contributed by atoms with van der Waals surface area (Å²) < 4.78 is 6.84. The van der Waals surface area contributed by atoms with Crippen LogP contribution in [0.1, 0.15) is 55.9 Å². The summed E-state index contributed by atoms with van der Waals surface area (Å²) >= 11 is 6.10. The molecule has 0 amide bonds. The Bertz CT molecular complexity index is 510. The Balaban J connectivity index is 1.96. The quantitative estimate of drug-likeness (QED) is 0.731. The molecule has 0 bridgehead atoms. The first-order valence-electron chi connectivity index (χ1n) is 6.58. The van der Waals surface area contributed by atoms with E-state index >= 15 is 0 Å². The van der Waals surface area contributed by atoms with Gasteiger partial charge in [-0.1, -0.05) is 30.6 Å². The van der Waals surface area contributed by atoms with Crippen LogP contribution in [-0.4, -0.2) is 25.1 Å². The van der Waals surface area contributed by atoms with Crippen molar-refractivity contribution < 1.29 is 4.52 Å². The van der Waals surface area contributed by atoms with Crippen LogP contribution in [0.3, 0.4) is 0 Å². The maximum atomic E-state index is 6.10. The second kappa shape index (κ2) is 6.65. The minimum atomic E-state index is -0.100. The Morgan fingerprint density at radius 1 is 1.42 bits per heavy atom. The molecule has 6 nitrogen and oxygen atoms in total. The van der Waals surface area contributed by atoms with Gasteiger partial charge in [-0.3, -0.25) is 0 Å². The van der Waals surface area contributed by atoms with Gasteiger partial charge in [0.1, 0.15) is 12.2 Å². The predicted molar refractivity (Wildman–Crippen MR) is 70.9 cm³/mol. The van der Waals surface area contributed by atoms with Gasteiger partial charge in [-0.25, -0.2) is 4.68 Å². The highest BCUT2D eigenvalue weighted by atomic mass is 35.5. The molecule has 0 aromatic carbocycles. The summed E-state index contributed by atoms with van der Waals surface area (Å²) in [7, 11) is 0. The lowest BCUT2D eigenvalue weighted by molar-refractivity contribution is 0.359. The molecule has 0 saturated heterocycles. The van der Waals surface area contributed by atoms with E-state index in [9.17, 15) is 0 Å². The third kappa shape index (κ3) is 3.76. The van der Waals surface area contributed by atoms with Crippen LogP contribution in [0.4, 0.5) is 0 Å². The highest BCUT2D eigenvalue weighted by molar-refractivity contribution is 6.20. The van der Waals surface area contributed by atoms with Crippen LogP contribution >= 0.6 is 11.6 Å². The molecule has 0 aliphatic carbocycles. The van der Waals surface area contributed by atoms with Gasteiger partial charge in [-0.15, -0.1) is 16.7 Å².